The summed E-state index contributed by atoms with van der Waals surface area (Å²) in [6.07, 6.45) is 16.6. The molecule has 0 amide bonds. The largest absolute Gasteiger partial charge is 0.487 e. The highest BCUT2D eigenvalue weighted by molar-refractivity contribution is 7.80. The van der Waals surface area contributed by atoms with Gasteiger partial charge in [0.1, 0.15) is 22.8 Å². The summed E-state index contributed by atoms with van der Waals surface area (Å²) in [5.74, 6) is 4.40. The molecule has 0 saturated carbocycles. The molecular formula is C42H59NO2S. The molecule has 4 heteroatoms. The van der Waals surface area contributed by atoms with Crippen molar-refractivity contribution in [2.75, 3.05) is 0 Å². The molecule has 1 aliphatic rings. The summed E-state index contributed by atoms with van der Waals surface area (Å²) in [5.41, 5.74) is 7.64. The number of benzene rings is 2. The number of hydrogen-bond donors (Lipinski definition) is 0. The lowest BCUT2D eigenvalue weighted by Crippen LogP contribution is -2.37. The van der Waals surface area contributed by atoms with Crippen LogP contribution in [0.3, 0.4) is 0 Å². The minimum atomic E-state index is -0.121. The third kappa shape index (κ3) is 10.1. The van der Waals surface area contributed by atoms with Gasteiger partial charge in [0.2, 0.25) is 5.05 Å². The highest BCUT2D eigenvalue weighted by Gasteiger charge is 2.34. The Morgan fingerprint density at radius 2 is 1.48 bits per heavy atom. The van der Waals surface area contributed by atoms with Crippen molar-refractivity contribution < 1.29 is 9.47 Å². The van der Waals surface area contributed by atoms with Gasteiger partial charge in [-0.3, -0.25) is 4.98 Å². The average molecular weight is 642 g/mol. The SMILES string of the molecule is Cc1c(C)c2c(c(C)c1OC(=S)c1ccc(Cc3ccccc3)cn1)CC[C@@](C)(CCC[C@H](C)CCC[C@H](C)CCCC(C)C)O2. The molecule has 2 aromatic carbocycles. The highest BCUT2D eigenvalue weighted by Crippen LogP contribution is 2.45. The maximum absolute atomic E-state index is 6.87. The van der Waals surface area contributed by atoms with Gasteiger partial charge in [-0.05, 0) is 124 Å². The average Bonchev–Trinajstić information content (AvgIpc) is 3.02. The number of ether oxygens (including phenoxy) is 2. The third-order valence-electron chi connectivity index (χ3n) is 10.3. The van der Waals surface area contributed by atoms with Crippen LogP contribution in [0.1, 0.15) is 138 Å². The quantitative estimate of drug-likeness (QED) is 0.146. The van der Waals surface area contributed by atoms with Crippen molar-refractivity contribution >= 4 is 17.3 Å². The van der Waals surface area contributed by atoms with Crippen molar-refractivity contribution in [3.63, 3.8) is 0 Å². The fourth-order valence-electron chi connectivity index (χ4n) is 7.04. The van der Waals surface area contributed by atoms with Gasteiger partial charge in [0.05, 0.1) is 0 Å². The van der Waals surface area contributed by atoms with Crippen molar-refractivity contribution in [1.29, 1.82) is 0 Å². The molecule has 0 aliphatic carbocycles. The molecule has 0 spiro atoms. The molecule has 0 bridgehead atoms. The first kappa shape index (κ1) is 36.1. The normalized spacial score (nSPS) is 17.3. The first-order chi connectivity index (χ1) is 22.0. The minimum Gasteiger partial charge on any atom is -0.487 e. The molecule has 0 radical (unpaired) electrons. The zero-order valence-corrected chi connectivity index (χ0v) is 30.8. The Kier molecular flexibility index (Phi) is 13.3. The second kappa shape index (κ2) is 16.9. The number of nitrogens with zero attached hydrogens (tertiary/aromatic N) is 1. The van der Waals surface area contributed by atoms with E-state index in [1.807, 2.05) is 18.3 Å². The van der Waals surface area contributed by atoms with E-state index in [0.717, 1.165) is 77.2 Å². The standard InChI is InChI=1S/C42H59NO2S/c1-29(2)15-12-16-30(3)17-13-18-31(4)19-14-25-42(8)26-24-37-34(7)39(32(5)33(6)40(37)45-42)44-41(46)38-23-22-36(28-43-38)27-35-20-10-9-11-21-35/h9-11,20-23,28-31H,12-19,24-27H2,1-8H3/t30-,31-,42-/m1/s1. The van der Waals surface area contributed by atoms with E-state index in [1.54, 1.807) is 0 Å². The maximum Gasteiger partial charge on any atom is 0.216 e. The molecule has 0 saturated heterocycles. The van der Waals surface area contributed by atoms with Gasteiger partial charge >= 0.3 is 0 Å². The van der Waals surface area contributed by atoms with Crippen LogP contribution in [0.5, 0.6) is 11.5 Å². The molecular weight excluding hydrogens is 583 g/mol. The number of aromatic nitrogens is 1. The zero-order chi connectivity index (χ0) is 33.3. The Labute approximate surface area is 285 Å². The molecule has 0 N–H and O–H groups in total. The van der Waals surface area contributed by atoms with Gasteiger partial charge in [-0.15, -0.1) is 0 Å². The Bertz CT molecular complexity index is 1410. The Morgan fingerprint density at radius 1 is 0.826 bits per heavy atom. The van der Waals surface area contributed by atoms with Gasteiger partial charge in [-0.25, -0.2) is 0 Å². The summed E-state index contributed by atoms with van der Waals surface area (Å²) in [5, 5.41) is 0.410. The Hall–Kier alpha value is -2.72. The highest BCUT2D eigenvalue weighted by atomic mass is 32.1. The fourth-order valence-corrected chi connectivity index (χ4v) is 7.24. The third-order valence-corrected chi connectivity index (χ3v) is 10.6. The topological polar surface area (TPSA) is 31.4 Å². The summed E-state index contributed by atoms with van der Waals surface area (Å²) >= 11 is 5.75. The lowest BCUT2D eigenvalue weighted by molar-refractivity contribution is 0.0512. The number of rotatable bonds is 16. The van der Waals surface area contributed by atoms with E-state index in [9.17, 15) is 0 Å². The molecule has 0 unspecified atom stereocenters. The van der Waals surface area contributed by atoms with Gasteiger partial charge < -0.3 is 9.47 Å². The molecule has 3 atom stereocenters. The fraction of sp³-hybridized carbons (Fsp3) is 0.571. The molecule has 2 heterocycles. The summed E-state index contributed by atoms with van der Waals surface area (Å²) in [4.78, 5) is 4.65. The predicted octanol–water partition coefficient (Wildman–Crippen LogP) is 11.9. The van der Waals surface area contributed by atoms with Gasteiger partial charge in [0, 0.05) is 11.8 Å². The summed E-state index contributed by atoms with van der Waals surface area (Å²) < 4.78 is 13.3. The molecule has 3 aromatic rings. The zero-order valence-electron chi connectivity index (χ0n) is 30.0. The molecule has 1 aliphatic heterocycles. The number of thiocarbonyl (C=S) groups is 1. The van der Waals surface area contributed by atoms with Crippen LogP contribution in [0.15, 0.2) is 48.7 Å². The van der Waals surface area contributed by atoms with Crippen molar-refractivity contribution in [2.45, 2.75) is 138 Å². The van der Waals surface area contributed by atoms with Gasteiger partial charge in [-0.1, -0.05) is 109 Å². The van der Waals surface area contributed by atoms with Crippen LogP contribution in [0.4, 0.5) is 0 Å². The van der Waals surface area contributed by atoms with Gasteiger partial charge in [-0.2, -0.15) is 0 Å². The van der Waals surface area contributed by atoms with E-state index in [2.05, 4.69) is 90.7 Å². The van der Waals surface area contributed by atoms with Crippen LogP contribution in [-0.4, -0.2) is 15.6 Å². The Balaban J connectivity index is 1.29. The monoisotopic (exact) mass is 641 g/mol. The molecule has 250 valence electrons. The lowest BCUT2D eigenvalue weighted by atomic mass is 9.83. The number of hydrogen-bond acceptors (Lipinski definition) is 4. The van der Waals surface area contributed by atoms with E-state index in [1.165, 1.54) is 62.5 Å². The summed E-state index contributed by atoms with van der Waals surface area (Å²) in [6, 6.07) is 14.5. The Morgan fingerprint density at radius 3 is 2.11 bits per heavy atom. The van der Waals surface area contributed by atoms with E-state index in [4.69, 9.17) is 21.7 Å². The van der Waals surface area contributed by atoms with Crippen molar-refractivity contribution in [3.8, 4) is 11.5 Å². The van der Waals surface area contributed by atoms with Crippen LogP contribution < -0.4 is 9.47 Å². The van der Waals surface area contributed by atoms with E-state index in [-0.39, 0.29) is 5.60 Å². The summed E-state index contributed by atoms with van der Waals surface area (Å²) in [7, 11) is 0. The van der Waals surface area contributed by atoms with E-state index < -0.39 is 0 Å². The second-order valence-electron chi connectivity index (χ2n) is 15.0. The van der Waals surface area contributed by atoms with Crippen LogP contribution in [-0.2, 0) is 12.8 Å². The maximum atomic E-state index is 6.87. The lowest BCUT2D eigenvalue weighted by Gasteiger charge is -2.38. The molecule has 1 aromatic heterocycles. The first-order valence-electron chi connectivity index (χ1n) is 18.0. The number of pyridine rings is 1. The van der Waals surface area contributed by atoms with E-state index in [0.29, 0.717) is 10.7 Å². The van der Waals surface area contributed by atoms with Crippen molar-refractivity contribution in [3.05, 3.63) is 87.7 Å². The van der Waals surface area contributed by atoms with Crippen LogP contribution in [0.2, 0.25) is 0 Å². The van der Waals surface area contributed by atoms with Gasteiger partial charge in [0.25, 0.3) is 0 Å². The molecule has 0 fully saturated rings. The molecule has 4 rings (SSSR count). The molecule has 46 heavy (non-hydrogen) atoms. The first-order valence-corrected chi connectivity index (χ1v) is 18.4. The minimum absolute atomic E-state index is 0.121. The van der Waals surface area contributed by atoms with Crippen molar-refractivity contribution in [2.24, 2.45) is 17.8 Å². The second-order valence-corrected chi connectivity index (χ2v) is 15.4. The van der Waals surface area contributed by atoms with Gasteiger partial charge in [0.15, 0.2) is 0 Å². The van der Waals surface area contributed by atoms with Crippen LogP contribution in [0, 0.1) is 38.5 Å². The number of fused-ring (bicyclic) bond motifs is 1. The van der Waals surface area contributed by atoms with Crippen LogP contribution in [0.25, 0.3) is 0 Å². The molecule has 3 nitrogen and oxygen atoms in total. The van der Waals surface area contributed by atoms with Crippen LogP contribution >= 0.6 is 12.2 Å². The van der Waals surface area contributed by atoms with E-state index >= 15 is 0 Å². The smallest absolute Gasteiger partial charge is 0.216 e. The predicted molar refractivity (Wildman–Crippen MR) is 199 cm³/mol. The van der Waals surface area contributed by atoms with Crippen molar-refractivity contribution in [1.82, 2.24) is 4.98 Å². The summed E-state index contributed by atoms with van der Waals surface area (Å²) in [6.45, 7) is 18.3.